The summed E-state index contributed by atoms with van der Waals surface area (Å²) in [6.45, 7) is 4.01. The number of ether oxygens (including phenoxy) is 1. The van der Waals surface area contributed by atoms with E-state index in [1.807, 2.05) is 61.5 Å². The van der Waals surface area contributed by atoms with Gasteiger partial charge >= 0.3 is 6.03 Å². The van der Waals surface area contributed by atoms with Crippen LogP contribution in [0.15, 0.2) is 54.6 Å². The first-order chi connectivity index (χ1) is 13.7. The molecule has 2 aromatic rings. The highest BCUT2D eigenvalue weighted by Gasteiger charge is 2.28. The van der Waals surface area contributed by atoms with Crippen LogP contribution in [0.5, 0.6) is 5.75 Å². The zero-order valence-electron chi connectivity index (χ0n) is 16.2. The molecule has 0 spiro atoms. The van der Waals surface area contributed by atoms with E-state index in [1.165, 1.54) is 0 Å². The molecule has 28 heavy (non-hydrogen) atoms. The summed E-state index contributed by atoms with van der Waals surface area (Å²) in [4.78, 5) is 27.0. The molecule has 1 aliphatic rings. The summed E-state index contributed by atoms with van der Waals surface area (Å²) in [6.07, 6.45) is 1.58. The Morgan fingerprint density at radius 1 is 1.11 bits per heavy atom. The van der Waals surface area contributed by atoms with E-state index in [0.717, 1.165) is 18.4 Å². The van der Waals surface area contributed by atoms with Crippen LogP contribution in [0.4, 0.5) is 10.5 Å². The van der Waals surface area contributed by atoms with E-state index in [2.05, 4.69) is 10.6 Å². The lowest BCUT2D eigenvalue weighted by Crippen LogP contribution is -2.47. The molecule has 148 valence electrons. The topological polar surface area (TPSA) is 70.7 Å². The first-order valence-electron chi connectivity index (χ1n) is 9.76. The number of likely N-dealkylation sites (tertiary alicyclic amines) is 1. The molecule has 0 unspecified atom stereocenters. The lowest BCUT2D eigenvalue weighted by Gasteiger charge is -2.32. The van der Waals surface area contributed by atoms with Crippen molar-refractivity contribution in [1.29, 1.82) is 0 Å². The van der Waals surface area contributed by atoms with Gasteiger partial charge in [0, 0.05) is 19.6 Å². The molecule has 6 heteroatoms. The molecule has 1 heterocycles. The van der Waals surface area contributed by atoms with E-state index in [4.69, 9.17) is 4.74 Å². The van der Waals surface area contributed by atoms with E-state index >= 15 is 0 Å². The predicted molar refractivity (Wildman–Crippen MR) is 109 cm³/mol. The van der Waals surface area contributed by atoms with Gasteiger partial charge in [-0.15, -0.1) is 0 Å². The summed E-state index contributed by atoms with van der Waals surface area (Å²) in [5, 5.41) is 5.90. The fourth-order valence-corrected chi connectivity index (χ4v) is 3.35. The van der Waals surface area contributed by atoms with Crippen LogP contribution in [0.1, 0.15) is 25.3 Å². The summed E-state index contributed by atoms with van der Waals surface area (Å²) >= 11 is 0. The molecule has 0 saturated carbocycles. The van der Waals surface area contributed by atoms with Crippen LogP contribution in [0.2, 0.25) is 0 Å². The Morgan fingerprint density at radius 3 is 2.64 bits per heavy atom. The van der Waals surface area contributed by atoms with Gasteiger partial charge in [-0.3, -0.25) is 4.79 Å². The van der Waals surface area contributed by atoms with E-state index < -0.39 is 0 Å². The van der Waals surface area contributed by atoms with Gasteiger partial charge in [-0.05, 0) is 37.5 Å². The third-order valence-corrected chi connectivity index (χ3v) is 4.81. The first-order valence-corrected chi connectivity index (χ1v) is 9.76. The number of carbonyl (C=O) groups is 2. The highest BCUT2D eigenvalue weighted by molar-refractivity contribution is 5.94. The van der Waals surface area contributed by atoms with Crippen LogP contribution >= 0.6 is 0 Å². The molecule has 2 aromatic carbocycles. The summed E-state index contributed by atoms with van der Waals surface area (Å²) in [5.41, 5.74) is 1.72. The highest BCUT2D eigenvalue weighted by atomic mass is 16.5. The van der Waals surface area contributed by atoms with Gasteiger partial charge in [0.1, 0.15) is 5.75 Å². The molecule has 0 aliphatic carbocycles. The molecule has 0 aromatic heterocycles. The van der Waals surface area contributed by atoms with Crippen molar-refractivity contribution in [3.63, 3.8) is 0 Å². The molecule has 1 atom stereocenters. The first kappa shape index (κ1) is 19.7. The number of anilines is 1. The molecular formula is C22H27N3O3. The Balaban J connectivity index is 1.55. The number of amides is 3. The second-order valence-electron chi connectivity index (χ2n) is 6.85. The molecule has 1 aliphatic heterocycles. The van der Waals surface area contributed by atoms with Crippen molar-refractivity contribution in [1.82, 2.24) is 10.2 Å². The molecule has 0 radical (unpaired) electrons. The van der Waals surface area contributed by atoms with Crippen LogP contribution in [0.3, 0.4) is 0 Å². The van der Waals surface area contributed by atoms with Gasteiger partial charge in [0.15, 0.2) is 0 Å². The number of rotatable bonds is 6. The monoisotopic (exact) mass is 381 g/mol. The van der Waals surface area contributed by atoms with Gasteiger partial charge in [0.2, 0.25) is 5.91 Å². The number of nitrogens with one attached hydrogen (secondary N) is 2. The van der Waals surface area contributed by atoms with Gasteiger partial charge in [-0.1, -0.05) is 42.5 Å². The fourth-order valence-electron chi connectivity index (χ4n) is 3.35. The lowest BCUT2D eigenvalue weighted by molar-refractivity contribution is -0.121. The predicted octanol–water partition coefficient (Wildman–Crippen LogP) is 3.65. The van der Waals surface area contributed by atoms with Crippen molar-refractivity contribution in [3.05, 3.63) is 60.2 Å². The summed E-state index contributed by atoms with van der Waals surface area (Å²) in [5.74, 6) is 0.352. The second kappa shape index (κ2) is 9.78. The number of hydrogen-bond acceptors (Lipinski definition) is 3. The highest BCUT2D eigenvalue weighted by Crippen LogP contribution is 2.26. The average Bonchev–Trinajstić information content (AvgIpc) is 2.74. The Morgan fingerprint density at radius 2 is 1.86 bits per heavy atom. The molecule has 3 rings (SSSR count). The molecular weight excluding hydrogens is 354 g/mol. The van der Waals surface area contributed by atoms with Gasteiger partial charge in [-0.25, -0.2) is 4.79 Å². The van der Waals surface area contributed by atoms with Crippen LogP contribution < -0.4 is 15.4 Å². The van der Waals surface area contributed by atoms with Gasteiger partial charge in [0.05, 0.1) is 18.2 Å². The van der Waals surface area contributed by atoms with Gasteiger partial charge in [-0.2, -0.15) is 0 Å². The van der Waals surface area contributed by atoms with Crippen molar-refractivity contribution >= 4 is 17.6 Å². The minimum Gasteiger partial charge on any atom is -0.492 e. The van der Waals surface area contributed by atoms with Crippen LogP contribution in [-0.2, 0) is 11.3 Å². The van der Waals surface area contributed by atoms with E-state index in [-0.39, 0.29) is 17.9 Å². The molecule has 0 bridgehead atoms. The Bertz CT molecular complexity index is 795. The van der Waals surface area contributed by atoms with Gasteiger partial charge in [0.25, 0.3) is 0 Å². The van der Waals surface area contributed by atoms with Crippen LogP contribution in [0, 0.1) is 5.92 Å². The maximum absolute atomic E-state index is 12.7. The van der Waals surface area contributed by atoms with Crippen molar-refractivity contribution < 1.29 is 14.3 Å². The standard InChI is InChI=1S/C22H27N3O3/c1-2-28-20-13-7-6-12-19(20)24-21(26)18-11-8-14-25(16-18)22(27)23-15-17-9-4-3-5-10-17/h3-7,9-10,12-13,18H,2,8,11,14-16H2,1H3,(H,23,27)(H,24,26)/t18-/m0/s1. The summed E-state index contributed by atoms with van der Waals surface area (Å²) in [6, 6.07) is 17.1. The third kappa shape index (κ3) is 5.25. The van der Waals surface area contributed by atoms with E-state index in [9.17, 15) is 9.59 Å². The SMILES string of the molecule is CCOc1ccccc1NC(=O)[C@H]1CCCN(C(=O)NCc2ccccc2)C1. The summed E-state index contributed by atoms with van der Waals surface area (Å²) in [7, 11) is 0. The summed E-state index contributed by atoms with van der Waals surface area (Å²) < 4.78 is 5.57. The fraction of sp³-hybridized carbons (Fsp3) is 0.364. The zero-order chi connectivity index (χ0) is 19.8. The molecule has 3 amide bonds. The molecule has 1 saturated heterocycles. The largest absolute Gasteiger partial charge is 0.492 e. The Hall–Kier alpha value is -3.02. The lowest BCUT2D eigenvalue weighted by atomic mass is 9.97. The quantitative estimate of drug-likeness (QED) is 0.802. The molecule has 2 N–H and O–H groups in total. The van der Waals surface area contributed by atoms with Crippen LogP contribution in [0.25, 0.3) is 0 Å². The van der Waals surface area contributed by atoms with Crippen molar-refractivity contribution in [2.75, 3.05) is 25.0 Å². The van der Waals surface area contributed by atoms with Crippen molar-refractivity contribution in [2.45, 2.75) is 26.3 Å². The minimum absolute atomic E-state index is 0.0762. The Labute approximate surface area is 165 Å². The normalized spacial score (nSPS) is 16.3. The molecule has 1 fully saturated rings. The smallest absolute Gasteiger partial charge is 0.317 e. The number of hydrogen-bond donors (Lipinski definition) is 2. The van der Waals surface area contributed by atoms with E-state index in [0.29, 0.717) is 37.7 Å². The molecule has 6 nitrogen and oxygen atoms in total. The maximum atomic E-state index is 12.7. The van der Waals surface area contributed by atoms with Gasteiger partial charge < -0.3 is 20.3 Å². The van der Waals surface area contributed by atoms with E-state index in [1.54, 1.807) is 4.90 Å². The number of para-hydroxylation sites is 2. The van der Waals surface area contributed by atoms with Crippen LogP contribution in [-0.4, -0.2) is 36.5 Å². The number of benzene rings is 2. The van der Waals surface area contributed by atoms with Crippen molar-refractivity contribution in [3.8, 4) is 5.75 Å². The number of nitrogens with zero attached hydrogens (tertiary/aromatic N) is 1. The minimum atomic E-state index is -0.231. The van der Waals surface area contributed by atoms with Crippen molar-refractivity contribution in [2.24, 2.45) is 5.92 Å². The zero-order valence-corrected chi connectivity index (χ0v) is 16.2. The average molecular weight is 381 g/mol. The third-order valence-electron chi connectivity index (χ3n) is 4.81. The maximum Gasteiger partial charge on any atom is 0.317 e. The Kier molecular flexibility index (Phi) is 6.89. The number of urea groups is 1. The number of carbonyl (C=O) groups excluding carboxylic acids is 2. The second-order valence-corrected chi connectivity index (χ2v) is 6.85. The number of piperidine rings is 1.